The molecule has 0 aliphatic carbocycles. The Morgan fingerprint density at radius 1 is 0.938 bits per heavy atom. The third-order valence-electron chi connectivity index (χ3n) is 5.48. The van der Waals surface area contributed by atoms with Crippen LogP contribution in [0.3, 0.4) is 0 Å². The van der Waals surface area contributed by atoms with Crippen LogP contribution in [0.5, 0.6) is 17.2 Å². The molecule has 0 spiro atoms. The molecule has 2 aromatic rings. The van der Waals surface area contributed by atoms with E-state index >= 15 is 0 Å². The van der Waals surface area contributed by atoms with Gasteiger partial charge in [0.05, 0.1) is 18.8 Å². The third-order valence-corrected chi connectivity index (χ3v) is 5.48. The maximum absolute atomic E-state index is 14.5. The fourth-order valence-electron chi connectivity index (χ4n) is 3.82. The van der Waals surface area contributed by atoms with Gasteiger partial charge in [-0.3, -0.25) is 4.79 Å². The van der Waals surface area contributed by atoms with E-state index in [2.05, 4.69) is 0 Å². The molecule has 1 N–H and O–H groups in total. The van der Waals surface area contributed by atoms with Gasteiger partial charge in [0, 0.05) is 25.3 Å². The second-order valence-electron chi connectivity index (χ2n) is 8.00. The van der Waals surface area contributed by atoms with Crippen LogP contribution < -0.4 is 9.47 Å². The van der Waals surface area contributed by atoms with Crippen molar-refractivity contribution < 1.29 is 37.6 Å². The third kappa shape index (κ3) is 5.55. The van der Waals surface area contributed by atoms with Gasteiger partial charge in [0.2, 0.25) is 0 Å². The lowest BCUT2D eigenvalue weighted by atomic mass is 10.0. The number of hydrogen-bond donors (Lipinski definition) is 1. The summed E-state index contributed by atoms with van der Waals surface area (Å²) in [5, 5.41) is 10.3. The summed E-state index contributed by atoms with van der Waals surface area (Å²) >= 11 is 0. The number of ketones is 1. The smallest absolute Gasteiger partial charge is 0.200 e. The van der Waals surface area contributed by atoms with Gasteiger partial charge in [-0.1, -0.05) is 0 Å². The van der Waals surface area contributed by atoms with Crippen LogP contribution in [0.1, 0.15) is 54.4 Å². The SMILES string of the molecule is O=C(Cc1cc(F)c(OC2CCCCO2)c(F)c1)c1ccc(OC2CCCCO2)cc1O. The molecule has 0 saturated carbocycles. The van der Waals surface area contributed by atoms with Gasteiger partial charge < -0.3 is 24.1 Å². The van der Waals surface area contributed by atoms with Gasteiger partial charge in [-0.2, -0.15) is 0 Å². The Bertz CT molecular complexity index is 928. The molecule has 2 fully saturated rings. The standard InChI is InChI=1S/C24H26F2O6/c25-18-11-15(12-19(26)24(18)32-23-6-2-4-10-30-23)13-20(27)17-8-7-16(14-21(17)28)31-22-5-1-3-9-29-22/h7-8,11-12,14,22-23,28H,1-6,9-10,13H2. The van der Waals surface area contributed by atoms with Crippen molar-refractivity contribution >= 4 is 5.78 Å². The fourth-order valence-corrected chi connectivity index (χ4v) is 3.82. The summed E-state index contributed by atoms with van der Waals surface area (Å²) in [6.07, 6.45) is 3.71. The van der Waals surface area contributed by atoms with Gasteiger partial charge in [-0.05, 0) is 55.5 Å². The molecule has 2 aromatic carbocycles. The first-order chi connectivity index (χ1) is 15.5. The largest absolute Gasteiger partial charge is 0.507 e. The zero-order valence-electron chi connectivity index (χ0n) is 17.6. The Balaban J connectivity index is 1.41. The number of phenols is 1. The highest BCUT2D eigenvalue weighted by Gasteiger charge is 2.22. The Morgan fingerprint density at radius 2 is 1.56 bits per heavy atom. The predicted molar refractivity (Wildman–Crippen MR) is 111 cm³/mol. The lowest BCUT2D eigenvalue weighted by molar-refractivity contribution is -0.108. The molecule has 2 saturated heterocycles. The summed E-state index contributed by atoms with van der Waals surface area (Å²) < 4.78 is 50.8. The van der Waals surface area contributed by atoms with Gasteiger partial charge in [-0.15, -0.1) is 0 Å². The van der Waals surface area contributed by atoms with E-state index in [0.717, 1.165) is 44.2 Å². The molecule has 0 aromatic heterocycles. The number of benzene rings is 2. The van der Waals surface area contributed by atoms with Gasteiger partial charge >= 0.3 is 0 Å². The molecule has 6 nitrogen and oxygen atoms in total. The summed E-state index contributed by atoms with van der Waals surface area (Å²) in [6.45, 7) is 1.11. The van der Waals surface area contributed by atoms with Crippen molar-refractivity contribution in [3.63, 3.8) is 0 Å². The van der Waals surface area contributed by atoms with Crippen LogP contribution in [-0.4, -0.2) is 36.7 Å². The normalized spacial score (nSPS) is 21.2. The minimum atomic E-state index is -0.901. The zero-order chi connectivity index (χ0) is 22.5. The number of phenolic OH excluding ortho intramolecular Hbond substituents is 1. The Labute approximate surface area is 185 Å². The van der Waals surface area contributed by atoms with E-state index in [1.807, 2.05) is 0 Å². The number of aromatic hydroxyl groups is 1. The average molecular weight is 448 g/mol. The number of carbonyl (C=O) groups is 1. The lowest BCUT2D eigenvalue weighted by Gasteiger charge is -2.24. The lowest BCUT2D eigenvalue weighted by Crippen LogP contribution is -2.25. The minimum Gasteiger partial charge on any atom is -0.507 e. The number of halogens is 2. The molecule has 2 atom stereocenters. The molecule has 32 heavy (non-hydrogen) atoms. The molecule has 0 amide bonds. The highest BCUT2D eigenvalue weighted by atomic mass is 19.1. The Hall–Kier alpha value is -2.71. The molecule has 2 unspecified atom stereocenters. The highest BCUT2D eigenvalue weighted by molar-refractivity contribution is 6.00. The molecule has 2 aliphatic rings. The van der Waals surface area contributed by atoms with E-state index in [4.69, 9.17) is 18.9 Å². The van der Waals surface area contributed by atoms with Crippen LogP contribution >= 0.6 is 0 Å². The van der Waals surface area contributed by atoms with E-state index in [0.29, 0.717) is 25.4 Å². The first-order valence-electron chi connectivity index (χ1n) is 10.9. The molecular formula is C24H26F2O6. The van der Waals surface area contributed by atoms with Crippen molar-refractivity contribution in [1.82, 2.24) is 0 Å². The van der Waals surface area contributed by atoms with Crippen molar-refractivity contribution in [2.75, 3.05) is 13.2 Å². The molecular weight excluding hydrogens is 422 g/mol. The van der Waals surface area contributed by atoms with Crippen LogP contribution in [0.25, 0.3) is 0 Å². The van der Waals surface area contributed by atoms with Crippen molar-refractivity contribution in [2.45, 2.75) is 57.5 Å². The van der Waals surface area contributed by atoms with Crippen molar-refractivity contribution in [3.8, 4) is 17.2 Å². The molecule has 2 aliphatic heterocycles. The van der Waals surface area contributed by atoms with Crippen LogP contribution in [0.2, 0.25) is 0 Å². The Morgan fingerprint density at radius 3 is 2.12 bits per heavy atom. The topological polar surface area (TPSA) is 74.2 Å². The summed E-state index contributed by atoms with van der Waals surface area (Å²) in [6, 6.07) is 6.46. The molecule has 0 radical (unpaired) electrons. The van der Waals surface area contributed by atoms with E-state index < -0.39 is 29.5 Å². The zero-order valence-corrected chi connectivity index (χ0v) is 17.6. The highest BCUT2D eigenvalue weighted by Crippen LogP contribution is 2.30. The number of Topliss-reactive ketones (excluding diaryl/α,β-unsaturated/α-hetero) is 1. The van der Waals surface area contributed by atoms with Crippen molar-refractivity contribution in [2.24, 2.45) is 0 Å². The minimum absolute atomic E-state index is 0.0404. The maximum atomic E-state index is 14.5. The molecule has 172 valence electrons. The van der Waals surface area contributed by atoms with Crippen LogP contribution in [0, 0.1) is 11.6 Å². The second kappa shape index (κ2) is 10.3. The van der Waals surface area contributed by atoms with E-state index in [-0.39, 0.29) is 29.6 Å². The van der Waals surface area contributed by atoms with E-state index in [1.165, 1.54) is 12.1 Å². The van der Waals surface area contributed by atoms with Crippen LogP contribution in [0.4, 0.5) is 8.78 Å². The summed E-state index contributed by atoms with van der Waals surface area (Å²) in [5.41, 5.74) is 0.177. The van der Waals surface area contributed by atoms with Crippen molar-refractivity contribution in [1.29, 1.82) is 0 Å². The number of ether oxygens (including phenoxy) is 4. The monoisotopic (exact) mass is 448 g/mol. The summed E-state index contributed by atoms with van der Waals surface area (Å²) in [5.74, 6) is -2.67. The van der Waals surface area contributed by atoms with Gasteiger partial charge in [0.25, 0.3) is 0 Å². The van der Waals surface area contributed by atoms with Crippen LogP contribution in [0.15, 0.2) is 30.3 Å². The van der Waals surface area contributed by atoms with Gasteiger partial charge in [0.15, 0.2) is 35.7 Å². The van der Waals surface area contributed by atoms with E-state index in [9.17, 15) is 18.7 Å². The molecule has 4 rings (SSSR count). The first-order valence-corrected chi connectivity index (χ1v) is 10.9. The number of carbonyl (C=O) groups excluding carboxylic acids is 1. The number of rotatable bonds is 7. The summed E-state index contributed by atoms with van der Waals surface area (Å²) in [7, 11) is 0. The maximum Gasteiger partial charge on any atom is 0.200 e. The fraction of sp³-hybridized carbons (Fsp3) is 0.458. The quantitative estimate of drug-likeness (QED) is 0.607. The Kier molecular flexibility index (Phi) is 7.22. The first kappa shape index (κ1) is 22.5. The number of hydrogen-bond acceptors (Lipinski definition) is 6. The van der Waals surface area contributed by atoms with Crippen LogP contribution in [-0.2, 0) is 15.9 Å². The van der Waals surface area contributed by atoms with Gasteiger partial charge in [0.1, 0.15) is 11.5 Å². The van der Waals surface area contributed by atoms with E-state index in [1.54, 1.807) is 6.07 Å². The van der Waals surface area contributed by atoms with Gasteiger partial charge in [-0.25, -0.2) is 8.78 Å². The molecule has 0 bridgehead atoms. The summed E-state index contributed by atoms with van der Waals surface area (Å²) in [4.78, 5) is 12.6. The second-order valence-corrected chi connectivity index (χ2v) is 8.00. The predicted octanol–water partition coefficient (Wildman–Crippen LogP) is 4.91. The van der Waals surface area contributed by atoms with Crippen molar-refractivity contribution in [3.05, 3.63) is 53.1 Å². The molecule has 2 heterocycles. The average Bonchev–Trinajstić information content (AvgIpc) is 2.78. The molecule has 8 heteroatoms.